The summed E-state index contributed by atoms with van der Waals surface area (Å²) in [6, 6.07) is 13.9. The van der Waals surface area contributed by atoms with E-state index in [9.17, 15) is 0 Å². The van der Waals surface area contributed by atoms with E-state index in [1.54, 1.807) is 0 Å². The summed E-state index contributed by atoms with van der Waals surface area (Å²) in [5, 5.41) is 3.82. The van der Waals surface area contributed by atoms with Crippen LogP contribution < -0.4 is 15.0 Å². The molecule has 1 fully saturated rings. The Hall–Kier alpha value is -2.07. The van der Waals surface area contributed by atoms with Gasteiger partial charge in [-0.2, -0.15) is 0 Å². The van der Waals surface area contributed by atoms with Crippen LogP contribution in [0.15, 0.2) is 36.4 Å². The average molecular weight is 337 g/mol. The molecule has 1 saturated heterocycles. The second-order valence-corrected chi connectivity index (χ2v) is 7.25. The van der Waals surface area contributed by atoms with Crippen LogP contribution >= 0.6 is 0 Å². The van der Waals surface area contributed by atoms with Crippen molar-refractivity contribution in [3.8, 4) is 5.75 Å². The number of benzene rings is 1. The topological polar surface area (TPSA) is 37.4 Å². The van der Waals surface area contributed by atoms with E-state index in [0.29, 0.717) is 12.1 Å². The van der Waals surface area contributed by atoms with E-state index in [-0.39, 0.29) is 0 Å². The van der Waals surface area contributed by atoms with Crippen LogP contribution in [0.4, 0.5) is 5.82 Å². The number of anilines is 1. The maximum atomic E-state index is 5.61. The highest BCUT2D eigenvalue weighted by Gasteiger charge is 2.22. The normalized spacial score (nSPS) is 18.7. The molecule has 1 unspecified atom stereocenters. The Kier molecular flexibility index (Phi) is 4.62. The highest BCUT2D eigenvalue weighted by atomic mass is 16.5. The summed E-state index contributed by atoms with van der Waals surface area (Å²) in [6.07, 6.45) is 3.36. The van der Waals surface area contributed by atoms with Crippen LogP contribution in [0.2, 0.25) is 0 Å². The van der Waals surface area contributed by atoms with Gasteiger partial charge in [-0.15, -0.1) is 0 Å². The summed E-state index contributed by atoms with van der Waals surface area (Å²) < 4.78 is 5.61. The summed E-state index contributed by atoms with van der Waals surface area (Å²) in [5.74, 6) is 2.18. The van der Waals surface area contributed by atoms with Crippen molar-refractivity contribution in [2.45, 2.75) is 45.2 Å². The molecule has 0 radical (unpaired) electrons. The molecule has 1 aromatic carbocycles. The van der Waals surface area contributed by atoms with E-state index in [4.69, 9.17) is 4.74 Å². The first-order valence-corrected chi connectivity index (χ1v) is 9.39. The smallest absolute Gasteiger partial charge is 0.128 e. The van der Waals surface area contributed by atoms with Gasteiger partial charge < -0.3 is 15.0 Å². The van der Waals surface area contributed by atoms with Gasteiger partial charge in [0.1, 0.15) is 11.6 Å². The van der Waals surface area contributed by atoms with Crippen LogP contribution in [-0.4, -0.2) is 30.7 Å². The first-order chi connectivity index (χ1) is 12.2. The maximum Gasteiger partial charge on any atom is 0.128 e. The van der Waals surface area contributed by atoms with E-state index < -0.39 is 0 Å². The molecule has 1 atom stereocenters. The third-order valence-corrected chi connectivity index (χ3v) is 5.39. The standard InChI is InChI=1S/C21H27N3O/c1-15-4-3-5-21(22-15)24-11-8-19(9-12-24)23-16(2)17-6-7-20-18(14-17)10-13-25-20/h3-7,14,16,19,23H,8-13H2,1-2H3. The van der Waals surface area contributed by atoms with Crippen molar-refractivity contribution in [1.82, 2.24) is 10.3 Å². The quantitative estimate of drug-likeness (QED) is 0.924. The van der Waals surface area contributed by atoms with Crippen molar-refractivity contribution >= 4 is 5.82 Å². The lowest BCUT2D eigenvalue weighted by molar-refractivity contribution is 0.356. The number of piperidine rings is 1. The molecule has 2 aromatic rings. The van der Waals surface area contributed by atoms with Crippen LogP contribution in [0.1, 0.15) is 42.6 Å². The second-order valence-electron chi connectivity index (χ2n) is 7.25. The average Bonchev–Trinajstić information content (AvgIpc) is 3.10. The van der Waals surface area contributed by atoms with Gasteiger partial charge in [0.25, 0.3) is 0 Å². The largest absolute Gasteiger partial charge is 0.493 e. The third-order valence-electron chi connectivity index (χ3n) is 5.39. The molecule has 4 rings (SSSR count). The molecule has 0 aliphatic carbocycles. The highest BCUT2D eigenvalue weighted by Crippen LogP contribution is 2.29. The molecule has 0 saturated carbocycles. The number of rotatable bonds is 4. The van der Waals surface area contributed by atoms with Gasteiger partial charge in [0.15, 0.2) is 0 Å². The molecule has 0 amide bonds. The molecule has 2 aliphatic rings. The van der Waals surface area contributed by atoms with Gasteiger partial charge in [0, 0.05) is 37.3 Å². The molecule has 132 valence electrons. The van der Waals surface area contributed by atoms with E-state index in [1.165, 1.54) is 11.1 Å². The predicted molar refractivity (Wildman–Crippen MR) is 101 cm³/mol. The first kappa shape index (κ1) is 16.4. The van der Waals surface area contributed by atoms with Crippen molar-refractivity contribution in [3.05, 3.63) is 53.2 Å². The number of hydrogen-bond donors (Lipinski definition) is 1. The van der Waals surface area contributed by atoms with Gasteiger partial charge in [-0.25, -0.2) is 4.98 Å². The van der Waals surface area contributed by atoms with Crippen molar-refractivity contribution in [2.24, 2.45) is 0 Å². The minimum Gasteiger partial charge on any atom is -0.493 e. The SMILES string of the molecule is Cc1cccc(N2CCC(NC(C)c3ccc4c(c3)CCO4)CC2)n1. The fourth-order valence-electron chi connectivity index (χ4n) is 3.91. The van der Waals surface area contributed by atoms with Crippen molar-refractivity contribution in [3.63, 3.8) is 0 Å². The molecular weight excluding hydrogens is 310 g/mol. The molecule has 3 heterocycles. The lowest BCUT2D eigenvalue weighted by Gasteiger charge is -2.35. The number of nitrogens with zero attached hydrogens (tertiary/aromatic N) is 2. The van der Waals surface area contributed by atoms with E-state index in [2.05, 4.69) is 65.4 Å². The van der Waals surface area contributed by atoms with Crippen molar-refractivity contribution < 1.29 is 4.74 Å². The van der Waals surface area contributed by atoms with Crippen molar-refractivity contribution in [1.29, 1.82) is 0 Å². The molecule has 4 heteroatoms. The van der Waals surface area contributed by atoms with Crippen LogP contribution in [0.3, 0.4) is 0 Å². The molecule has 0 bridgehead atoms. The van der Waals surface area contributed by atoms with Gasteiger partial charge in [0.05, 0.1) is 6.61 Å². The van der Waals surface area contributed by atoms with Gasteiger partial charge in [-0.3, -0.25) is 0 Å². The fourth-order valence-corrected chi connectivity index (χ4v) is 3.91. The Bertz CT molecular complexity index is 738. The molecule has 0 spiro atoms. The number of pyridine rings is 1. The predicted octanol–water partition coefficient (Wildman–Crippen LogP) is 3.64. The number of hydrogen-bond acceptors (Lipinski definition) is 4. The van der Waals surface area contributed by atoms with Gasteiger partial charge in [-0.1, -0.05) is 18.2 Å². The summed E-state index contributed by atoms with van der Waals surface area (Å²) in [7, 11) is 0. The van der Waals surface area contributed by atoms with Gasteiger partial charge >= 0.3 is 0 Å². The molecule has 1 aromatic heterocycles. The summed E-state index contributed by atoms with van der Waals surface area (Å²) >= 11 is 0. The summed E-state index contributed by atoms with van der Waals surface area (Å²) in [6.45, 7) is 7.29. The number of aryl methyl sites for hydroxylation is 1. The van der Waals surface area contributed by atoms with E-state index in [0.717, 1.165) is 56.2 Å². The highest BCUT2D eigenvalue weighted by molar-refractivity contribution is 5.41. The third kappa shape index (κ3) is 3.64. The molecular formula is C21H27N3O. The van der Waals surface area contributed by atoms with Crippen LogP contribution in [0.25, 0.3) is 0 Å². The zero-order valence-electron chi connectivity index (χ0n) is 15.2. The Morgan fingerprint density at radius 3 is 2.84 bits per heavy atom. The molecule has 2 aliphatic heterocycles. The summed E-state index contributed by atoms with van der Waals surface area (Å²) in [5.41, 5.74) is 3.81. The molecule has 25 heavy (non-hydrogen) atoms. The Balaban J connectivity index is 1.34. The minimum absolute atomic E-state index is 0.375. The maximum absolute atomic E-state index is 5.61. The zero-order chi connectivity index (χ0) is 17.2. The minimum atomic E-state index is 0.375. The Labute approximate surface area is 150 Å². The fraction of sp³-hybridized carbons (Fsp3) is 0.476. The Morgan fingerprint density at radius 1 is 1.20 bits per heavy atom. The number of fused-ring (bicyclic) bond motifs is 1. The second kappa shape index (κ2) is 7.04. The monoisotopic (exact) mass is 337 g/mol. The summed E-state index contributed by atoms with van der Waals surface area (Å²) in [4.78, 5) is 7.06. The van der Waals surface area contributed by atoms with Gasteiger partial charge in [0.2, 0.25) is 0 Å². The van der Waals surface area contributed by atoms with Crippen LogP contribution in [-0.2, 0) is 6.42 Å². The van der Waals surface area contributed by atoms with E-state index in [1.807, 2.05) is 0 Å². The van der Waals surface area contributed by atoms with Gasteiger partial charge in [-0.05, 0) is 56.0 Å². The number of nitrogens with one attached hydrogen (secondary N) is 1. The van der Waals surface area contributed by atoms with Crippen LogP contribution in [0.5, 0.6) is 5.75 Å². The number of aromatic nitrogens is 1. The first-order valence-electron chi connectivity index (χ1n) is 9.39. The van der Waals surface area contributed by atoms with Crippen LogP contribution in [0, 0.1) is 6.92 Å². The number of ether oxygens (including phenoxy) is 1. The van der Waals surface area contributed by atoms with Crippen molar-refractivity contribution in [2.75, 3.05) is 24.6 Å². The zero-order valence-corrected chi connectivity index (χ0v) is 15.2. The Morgan fingerprint density at radius 2 is 2.04 bits per heavy atom. The lowest BCUT2D eigenvalue weighted by atomic mass is 10.00. The molecule has 1 N–H and O–H groups in total. The lowest BCUT2D eigenvalue weighted by Crippen LogP contribution is -2.43. The molecule has 4 nitrogen and oxygen atoms in total. The van der Waals surface area contributed by atoms with E-state index >= 15 is 0 Å².